The van der Waals surface area contributed by atoms with Crippen molar-refractivity contribution in [3.63, 3.8) is 0 Å². The fourth-order valence-corrected chi connectivity index (χ4v) is 5.59. The Bertz CT molecular complexity index is 1410. The van der Waals surface area contributed by atoms with E-state index in [4.69, 9.17) is 35.6 Å². The van der Waals surface area contributed by atoms with Gasteiger partial charge >= 0.3 is 0 Å². The molecule has 0 fully saturated rings. The van der Waals surface area contributed by atoms with Gasteiger partial charge in [0.2, 0.25) is 0 Å². The predicted octanol–water partition coefficient (Wildman–Crippen LogP) is 6.10. The lowest BCUT2D eigenvalue weighted by molar-refractivity contribution is -0.120. The third-order valence-corrected chi connectivity index (χ3v) is 9.20. The minimum Gasteiger partial charge on any atom is -0.396 e. The number of likely N-dealkylation sites (N-methyl/N-ethyl adjacent to an activating group) is 3. The van der Waals surface area contributed by atoms with Crippen molar-refractivity contribution in [1.29, 1.82) is 0 Å². The molecule has 400 valence electrons. The summed E-state index contributed by atoms with van der Waals surface area (Å²) in [6, 6.07) is 12.3. The van der Waals surface area contributed by atoms with E-state index >= 15 is 0 Å². The molecule has 0 saturated carbocycles. The first-order valence-electron chi connectivity index (χ1n) is 23.2. The number of ketones is 2. The number of ether oxygens (including phenoxy) is 2. The minimum atomic E-state index is -3.19. The fraction of sp³-hybridized carbons (Fsp3) is 0.725. The summed E-state index contributed by atoms with van der Waals surface area (Å²) in [5.41, 5.74) is 11.9. The minimum absolute atomic E-state index is 0. The zero-order valence-corrected chi connectivity index (χ0v) is 43.9. The molecule has 15 nitrogen and oxygen atoms in total. The van der Waals surface area contributed by atoms with Crippen LogP contribution in [0.4, 0.5) is 0 Å². The molecule has 0 aliphatic rings. The molecule has 2 rings (SSSR count). The number of carbonyl (C=O) groups excluding carboxylic acids is 2. The molecule has 0 atom stereocenters. The molecule has 2 aromatic carbocycles. The molecule has 67 heavy (non-hydrogen) atoms. The summed E-state index contributed by atoms with van der Waals surface area (Å²) in [7, 11) is -1.50. The van der Waals surface area contributed by atoms with E-state index < -0.39 is 10.1 Å². The highest BCUT2D eigenvalue weighted by Gasteiger charge is 2.13. The largest absolute Gasteiger partial charge is 0.396 e. The number of aliphatic hydroxyl groups excluding tert-OH is 4. The van der Waals surface area contributed by atoms with Gasteiger partial charge in [0.05, 0.1) is 59.0 Å². The first-order chi connectivity index (χ1) is 30.9. The van der Waals surface area contributed by atoms with Crippen LogP contribution in [-0.4, -0.2) is 175 Å². The van der Waals surface area contributed by atoms with E-state index in [9.17, 15) is 18.0 Å². The molecule has 7 N–H and O–H groups in total. The van der Waals surface area contributed by atoms with Crippen molar-refractivity contribution in [2.75, 3.05) is 125 Å². The Kier molecular flexibility index (Phi) is 67.5. The van der Waals surface area contributed by atoms with E-state index in [2.05, 4.69) is 61.2 Å². The van der Waals surface area contributed by atoms with Crippen LogP contribution in [0.25, 0.3) is 0 Å². The van der Waals surface area contributed by atoms with Gasteiger partial charge in [0.1, 0.15) is 0 Å². The van der Waals surface area contributed by atoms with Gasteiger partial charge in [0.15, 0.2) is 11.6 Å². The summed E-state index contributed by atoms with van der Waals surface area (Å²) in [4.78, 5) is 28.3. The van der Waals surface area contributed by atoms with E-state index in [-0.39, 0.29) is 46.2 Å². The second kappa shape index (κ2) is 57.6. The molecule has 2 aromatic rings. The maximum atomic E-state index is 12.2. The van der Waals surface area contributed by atoms with Crippen LogP contribution >= 0.6 is 0 Å². The van der Waals surface area contributed by atoms with Gasteiger partial charge in [0.25, 0.3) is 10.1 Å². The van der Waals surface area contributed by atoms with Gasteiger partial charge < -0.3 is 41.0 Å². The van der Waals surface area contributed by atoms with Crippen LogP contribution in [0.15, 0.2) is 36.4 Å². The molecule has 0 heterocycles. The molecule has 0 saturated heterocycles. The molecule has 0 aliphatic heterocycles. The Labute approximate surface area is 411 Å². The smallest absolute Gasteiger partial charge is 0.264 e. The Morgan fingerprint density at radius 3 is 1.28 bits per heavy atom. The Hall–Kier alpha value is -2.71. The molecular weight excluding hydrogens is 877 g/mol. The molecule has 0 aromatic heterocycles. The Morgan fingerprint density at radius 1 is 0.627 bits per heavy atom. The number of benzene rings is 2. The second-order valence-electron chi connectivity index (χ2n) is 14.7. The van der Waals surface area contributed by atoms with Crippen LogP contribution in [0.2, 0.25) is 0 Å². The van der Waals surface area contributed by atoms with E-state index in [0.29, 0.717) is 52.3 Å². The van der Waals surface area contributed by atoms with Crippen molar-refractivity contribution in [2.24, 2.45) is 5.73 Å². The summed E-state index contributed by atoms with van der Waals surface area (Å²) in [5, 5.41) is 35.2. The summed E-state index contributed by atoms with van der Waals surface area (Å²) in [6.07, 6.45) is 4.78. The number of hydrogen-bond acceptors (Lipinski definition) is 15. The number of Topliss-reactive ketones (excluding diaryl/α,β-unsaturated/α-hetero) is 2. The summed E-state index contributed by atoms with van der Waals surface area (Å²) in [5.74, 6) is 0.484. The second-order valence-corrected chi connectivity index (χ2v) is 16.3. The highest BCUT2D eigenvalue weighted by molar-refractivity contribution is 7.85. The lowest BCUT2D eigenvalue weighted by Gasteiger charge is -2.19. The zero-order valence-electron chi connectivity index (χ0n) is 43.0. The van der Waals surface area contributed by atoms with Crippen LogP contribution in [-0.2, 0) is 46.2 Å². The van der Waals surface area contributed by atoms with Gasteiger partial charge in [-0.1, -0.05) is 99.7 Å². The highest BCUT2D eigenvalue weighted by atomic mass is 32.2. The normalized spacial score (nSPS) is 9.97. The van der Waals surface area contributed by atoms with E-state index in [1.54, 1.807) is 7.11 Å². The number of rotatable bonds is 26. The molecule has 0 radical (unpaired) electrons. The number of methoxy groups -OCH3 is 1. The molecule has 0 amide bonds. The van der Waals surface area contributed by atoms with Crippen LogP contribution in [0, 0.1) is 27.7 Å². The van der Waals surface area contributed by atoms with Gasteiger partial charge in [0, 0.05) is 52.8 Å². The standard InChI is InChI=1S/C16H25NO2.C15H23NO2.C7H17NO.C4H10O3S.C3H8O.C2H7N.C2H6O2.2CH4/c1-5-17(9-10-19-4)12-15(18)11-16-13(2)7-6-8-14(16)3;1-4-16(8-9-17)11-14(18)10-15-12(2)6-5-7-13(15)3;1-3-6-9-7-5-8-4-2;1-3-4-7-8(2,5)6;1-2-3-4;1-2-3;3-1-2-4;;/h6-8H,5,9-12H2,1-4H3;5-7,17H,4,8-11H2,1-3H3;8H,3-7H2,1-2H3;3-4H2,1-2H3;4H,2-3H2,1H3;2-3H2,1H3;3-4H,1-2H2;2*1H4. The van der Waals surface area contributed by atoms with Gasteiger partial charge in [-0.3, -0.25) is 23.6 Å². The van der Waals surface area contributed by atoms with Gasteiger partial charge in [-0.25, -0.2) is 0 Å². The Morgan fingerprint density at radius 2 is 1.01 bits per heavy atom. The lowest BCUT2D eigenvalue weighted by Crippen LogP contribution is -2.33. The quantitative estimate of drug-likeness (QED) is 0.0463. The number of aliphatic hydroxyl groups is 4. The zero-order chi connectivity index (χ0) is 50.9. The van der Waals surface area contributed by atoms with Crippen molar-refractivity contribution >= 4 is 21.7 Å². The van der Waals surface area contributed by atoms with E-state index in [1.807, 2.05) is 70.7 Å². The maximum absolute atomic E-state index is 12.2. The maximum Gasteiger partial charge on any atom is 0.264 e. The van der Waals surface area contributed by atoms with Crippen LogP contribution in [0.5, 0.6) is 0 Å². The fourth-order valence-electron chi connectivity index (χ4n) is 5.12. The molecule has 0 bridgehead atoms. The van der Waals surface area contributed by atoms with Gasteiger partial charge in [-0.2, -0.15) is 8.42 Å². The molecule has 0 spiro atoms. The first kappa shape index (κ1) is 78.5. The third kappa shape index (κ3) is 55.8. The summed E-state index contributed by atoms with van der Waals surface area (Å²) < 4.78 is 35.0. The molecule has 16 heteroatoms. The van der Waals surface area contributed by atoms with Crippen molar-refractivity contribution in [3.05, 3.63) is 69.8 Å². The number of nitrogens with one attached hydrogen (secondary N) is 1. The molecule has 0 aliphatic carbocycles. The van der Waals surface area contributed by atoms with Crippen LogP contribution in [0.1, 0.15) is 116 Å². The number of nitrogens with zero attached hydrogens (tertiary/aromatic N) is 2. The average Bonchev–Trinajstić information content (AvgIpc) is 3.27. The van der Waals surface area contributed by atoms with E-state index in [1.165, 1.54) is 27.8 Å². The summed E-state index contributed by atoms with van der Waals surface area (Å²) in [6.45, 7) is 31.8. The highest BCUT2D eigenvalue weighted by Crippen LogP contribution is 2.15. The van der Waals surface area contributed by atoms with Crippen LogP contribution < -0.4 is 11.1 Å². The first-order valence-corrected chi connectivity index (χ1v) is 25.0. The third-order valence-electron chi connectivity index (χ3n) is 8.61. The van der Waals surface area contributed by atoms with Crippen LogP contribution in [0.3, 0.4) is 0 Å². The predicted molar refractivity (Wildman–Crippen MR) is 283 cm³/mol. The average molecular weight is 981 g/mol. The number of carbonyl (C=O) groups is 2. The van der Waals surface area contributed by atoms with Gasteiger partial charge in [-0.05, 0) is 107 Å². The van der Waals surface area contributed by atoms with Crippen molar-refractivity contribution in [2.45, 2.75) is 123 Å². The topological polar surface area (TPSA) is 221 Å². The number of aryl methyl sites for hydroxylation is 4. The van der Waals surface area contributed by atoms with Crippen molar-refractivity contribution in [3.8, 4) is 0 Å². The molecule has 0 unspecified atom stereocenters. The van der Waals surface area contributed by atoms with Crippen molar-refractivity contribution < 1.29 is 52.1 Å². The number of nitrogens with two attached hydrogens (primary N) is 1. The van der Waals surface area contributed by atoms with Gasteiger partial charge in [-0.15, -0.1) is 0 Å². The lowest BCUT2D eigenvalue weighted by atomic mass is 9.98. The van der Waals surface area contributed by atoms with Crippen molar-refractivity contribution in [1.82, 2.24) is 15.1 Å². The number of hydrogen-bond donors (Lipinski definition) is 6. The molecular formula is C51H104N4O11S. The Balaban J connectivity index is -0.000000138. The van der Waals surface area contributed by atoms with E-state index in [0.717, 1.165) is 83.6 Å². The summed E-state index contributed by atoms with van der Waals surface area (Å²) >= 11 is 0. The monoisotopic (exact) mass is 981 g/mol. The SMILES string of the molecule is C.C.CCCO.CCCOCCNCC.CCCOS(C)(=O)=O.CCN.CCN(CCO)CC(=O)Cc1c(C)cccc1C.CCN(CCOC)CC(=O)Cc1c(C)cccc1C.OCCO.